The lowest BCUT2D eigenvalue weighted by Gasteiger charge is -2.20. The number of nitrogens with zero attached hydrogens (tertiary/aromatic N) is 2. The first-order valence-electron chi connectivity index (χ1n) is 5.76. The van der Waals surface area contributed by atoms with Gasteiger partial charge in [-0.3, -0.25) is 0 Å². The van der Waals surface area contributed by atoms with Gasteiger partial charge in [0.05, 0.1) is 21.8 Å². The highest BCUT2D eigenvalue weighted by atomic mass is 79.9. The lowest BCUT2D eigenvalue weighted by Crippen LogP contribution is -2.27. The Morgan fingerprint density at radius 2 is 2.05 bits per heavy atom. The number of ether oxygens (including phenoxy) is 1. The Morgan fingerprint density at radius 3 is 2.63 bits per heavy atom. The number of halogens is 1. The van der Waals surface area contributed by atoms with Gasteiger partial charge in [0, 0.05) is 5.39 Å². The summed E-state index contributed by atoms with van der Waals surface area (Å²) in [5.74, 6) is 0. The molecule has 2 aromatic rings. The standard InChI is InChI=1S/C14H13BrN2O2/c1-14(2,3)19-13(18)17-11-5-4-9(8-16)6-10(11)7-12(17)15/h4-7H,1-3H3. The van der Waals surface area contributed by atoms with E-state index in [9.17, 15) is 4.79 Å². The maximum atomic E-state index is 12.2. The molecular weight excluding hydrogens is 308 g/mol. The molecule has 4 nitrogen and oxygen atoms in total. The van der Waals surface area contributed by atoms with Crippen molar-refractivity contribution in [3.63, 3.8) is 0 Å². The lowest BCUT2D eigenvalue weighted by molar-refractivity contribution is 0.0541. The van der Waals surface area contributed by atoms with Crippen LogP contribution in [-0.2, 0) is 4.74 Å². The zero-order valence-corrected chi connectivity index (χ0v) is 12.5. The average molecular weight is 321 g/mol. The van der Waals surface area contributed by atoms with Gasteiger partial charge in [0.1, 0.15) is 5.60 Å². The van der Waals surface area contributed by atoms with Gasteiger partial charge in [0.2, 0.25) is 0 Å². The molecule has 1 aromatic heterocycles. The van der Waals surface area contributed by atoms with Crippen LogP contribution in [0.4, 0.5) is 4.79 Å². The highest BCUT2D eigenvalue weighted by molar-refractivity contribution is 9.10. The third kappa shape index (κ3) is 2.79. The molecule has 0 aliphatic rings. The van der Waals surface area contributed by atoms with E-state index in [1.54, 1.807) is 24.3 Å². The van der Waals surface area contributed by atoms with Gasteiger partial charge in [-0.15, -0.1) is 0 Å². The molecule has 0 saturated carbocycles. The Morgan fingerprint density at radius 1 is 1.37 bits per heavy atom. The van der Waals surface area contributed by atoms with Crippen LogP contribution < -0.4 is 0 Å². The van der Waals surface area contributed by atoms with Crippen LogP contribution in [0.1, 0.15) is 26.3 Å². The minimum absolute atomic E-state index is 0.445. The van der Waals surface area contributed by atoms with E-state index in [4.69, 9.17) is 10.00 Å². The van der Waals surface area contributed by atoms with Crippen molar-refractivity contribution in [2.75, 3.05) is 0 Å². The first-order chi connectivity index (χ1) is 8.81. The third-order valence-electron chi connectivity index (χ3n) is 2.46. The highest BCUT2D eigenvalue weighted by Crippen LogP contribution is 2.26. The molecule has 0 spiro atoms. The van der Waals surface area contributed by atoms with Crippen LogP contribution in [0, 0.1) is 11.3 Å². The maximum absolute atomic E-state index is 12.2. The van der Waals surface area contributed by atoms with Gasteiger partial charge in [-0.25, -0.2) is 9.36 Å². The fraction of sp³-hybridized carbons (Fsp3) is 0.286. The summed E-state index contributed by atoms with van der Waals surface area (Å²) in [6, 6.07) is 9.02. The molecule has 0 unspecified atom stereocenters. The fourth-order valence-electron chi connectivity index (χ4n) is 1.74. The van der Waals surface area contributed by atoms with Crippen LogP contribution in [0.3, 0.4) is 0 Å². The number of hydrogen-bond donors (Lipinski definition) is 0. The van der Waals surface area contributed by atoms with Gasteiger partial charge >= 0.3 is 6.09 Å². The van der Waals surface area contributed by atoms with E-state index >= 15 is 0 Å². The zero-order valence-electron chi connectivity index (χ0n) is 10.9. The van der Waals surface area contributed by atoms with Crippen LogP contribution >= 0.6 is 15.9 Å². The number of nitriles is 1. The Hall–Kier alpha value is -1.80. The number of carbonyl (C=O) groups excluding carboxylic acids is 1. The molecule has 1 aromatic carbocycles. The molecule has 0 aliphatic heterocycles. The van der Waals surface area contributed by atoms with Gasteiger partial charge in [-0.05, 0) is 61.0 Å². The van der Waals surface area contributed by atoms with E-state index < -0.39 is 11.7 Å². The van der Waals surface area contributed by atoms with Crippen molar-refractivity contribution in [2.45, 2.75) is 26.4 Å². The average Bonchev–Trinajstić information content (AvgIpc) is 2.61. The molecule has 98 valence electrons. The van der Waals surface area contributed by atoms with Crippen molar-refractivity contribution in [1.29, 1.82) is 5.26 Å². The molecule has 0 radical (unpaired) electrons. The van der Waals surface area contributed by atoms with Gasteiger partial charge < -0.3 is 4.74 Å². The maximum Gasteiger partial charge on any atom is 0.419 e. The van der Waals surface area contributed by atoms with Crippen LogP contribution in [0.25, 0.3) is 10.9 Å². The van der Waals surface area contributed by atoms with Gasteiger partial charge in [0.15, 0.2) is 0 Å². The van der Waals surface area contributed by atoms with E-state index in [0.29, 0.717) is 15.7 Å². The molecule has 5 heteroatoms. The second-order valence-corrected chi connectivity index (χ2v) is 5.98. The molecule has 2 rings (SSSR count). The molecule has 0 aliphatic carbocycles. The first kappa shape index (κ1) is 13.6. The summed E-state index contributed by atoms with van der Waals surface area (Å²) in [4.78, 5) is 12.2. The molecule has 19 heavy (non-hydrogen) atoms. The fourth-order valence-corrected chi connectivity index (χ4v) is 2.33. The summed E-state index contributed by atoms with van der Waals surface area (Å²) in [6.07, 6.45) is -0.445. The normalized spacial score (nSPS) is 11.3. The summed E-state index contributed by atoms with van der Waals surface area (Å²) < 4.78 is 7.41. The van der Waals surface area contributed by atoms with Crippen molar-refractivity contribution in [3.05, 3.63) is 34.4 Å². The van der Waals surface area contributed by atoms with E-state index in [0.717, 1.165) is 5.39 Å². The largest absolute Gasteiger partial charge is 0.443 e. The Balaban J connectivity index is 2.52. The minimum atomic E-state index is -0.556. The summed E-state index contributed by atoms with van der Waals surface area (Å²) in [5, 5.41) is 9.69. The highest BCUT2D eigenvalue weighted by Gasteiger charge is 2.21. The number of rotatable bonds is 0. The Labute approximate surface area is 119 Å². The molecule has 1 heterocycles. The molecule has 0 amide bonds. The monoisotopic (exact) mass is 320 g/mol. The lowest BCUT2D eigenvalue weighted by atomic mass is 10.2. The second kappa shape index (κ2) is 4.71. The Bertz CT molecular complexity index is 690. The van der Waals surface area contributed by atoms with Crippen molar-refractivity contribution in [2.24, 2.45) is 0 Å². The van der Waals surface area contributed by atoms with Crippen LogP contribution in [0.15, 0.2) is 28.9 Å². The topological polar surface area (TPSA) is 55.0 Å². The number of carbonyl (C=O) groups is 1. The molecule has 0 N–H and O–H groups in total. The predicted octanol–water partition coefficient (Wildman–Crippen LogP) is 4.06. The van der Waals surface area contributed by atoms with E-state index in [2.05, 4.69) is 22.0 Å². The van der Waals surface area contributed by atoms with E-state index in [1.807, 2.05) is 20.8 Å². The van der Waals surface area contributed by atoms with Crippen LogP contribution in [-0.4, -0.2) is 16.3 Å². The van der Waals surface area contributed by atoms with Gasteiger partial charge in [0.25, 0.3) is 0 Å². The van der Waals surface area contributed by atoms with E-state index in [-0.39, 0.29) is 0 Å². The molecule has 0 bridgehead atoms. The summed E-state index contributed by atoms with van der Waals surface area (Å²) in [5.41, 5.74) is 0.709. The molecular formula is C14H13BrN2O2. The van der Waals surface area contributed by atoms with Crippen LogP contribution in [0.5, 0.6) is 0 Å². The molecule has 0 saturated heterocycles. The van der Waals surface area contributed by atoms with Crippen molar-refractivity contribution in [3.8, 4) is 6.07 Å². The SMILES string of the molecule is CC(C)(C)OC(=O)n1c(Br)cc2cc(C#N)ccc21. The quantitative estimate of drug-likeness (QED) is 0.735. The summed E-state index contributed by atoms with van der Waals surface area (Å²) in [7, 11) is 0. The Kier molecular flexibility index (Phi) is 3.38. The number of fused-ring (bicyclic) bond motifs is 1. The smallest absolute Gasteiger partial charge is 0.419 e. The summed E-state index contributed by atoms with van der Waals surface area (Å²) >= 11 is 3.34. The van der Waals surface area contributed by atoms with E-state index in [1.165, 1.54) is 4.57 Å². The number of aromatic nitrogens is 1. The van der Waals surface area contributed by atoms with Gasteiger partial charge in [-0.2, -0.15) is 5.26 Å². The van der Waals surface area contributed by atoms with Crippen molar-refractivity contribution < 1.29 is 9.53 Å². The third-order valence-corrected chi connectivity index (χ3v) is 3.05. The molecule has 0 atom stereocenters. The van der Waals surface area contributed by atoms with Crippen molar-refractivity contribution in [1.82, 2.24) is 4.57 Å². The second-order valence-electron chi connectivity index (χ2n) is 5.17. The predicted molar refractivity (Wildman–Crippen MR) is 76.0 cm³/mol. The minimum Gasteiger partial charge on any atom is -0.443 e. The molecule has 0 fully saturated rings. The summed E-state index contributed by atoms with van der Waals surface area (Å²) in [6.45, 7) is 5.45. The van der Waals surface area contributed by atoms with Crippen molar-refractivity contribution >= 4 is 32.9 Å². The van der Waals surface area contributed by atoms with Crippen LogP contribution in [0.2, 0.25) is 0 Å². The number of hydrogen-bond acceptors (Lipinski definition) is 3. The van der Waals surface area contributed by atoms with Gasteiger partial charge in [-0.1, -0.05) is 0 Å². The first-order valence-corrected chi connectivity index (χ1v) is 6.55. The number of benzene rings is 1. The zero-order chi connectivity index (χ0) is 14.2.